The Morgan fingerprint density at radius 2 is 1.63 bits per heavy atom. The average molecular weight is 812 g/mol. The summed E-state index contributed by atoms with van der Waals surface area (Å²) in [5.74, 6) is 1.58. The van der Waals surface area contributed by atoms with Gasteiger partial charge in [-0.05, 0) is 29.2 Å². The van der Waals surface area contributed by atoms with Crippen LogP contribution in [-0.2, 0) is 13.0 Å². The number of aromatic nitrogens is 9. The van der Waals surface area contributed by atoms with Crippen molar-refractivity contribution in [2.75, 3.05) is 29.9 Å². The number of urea groups is 1. The van der Waals surface area contributed by atoms with Crippen LogP contribution in [0.2, 0.25) is 0 Å². The van der Waals surface area contributed by atoms with Crippen molar-refractivity contribution < 1.29 is 15.0 Å². The third-order valence-electron chi connectivity index (χ3n) is 11.2. The van der Waals surface area contributed by atoms with Gasteiger partial charge >= 0.3 is 6.03 Å². The highest BCUT2D eigenvalue weighted by Gasteiger charge is 2.45. The molecule has 302 valence electrons. The molecule has 2 amide bonds. The van der Waals surface area contributed by atoms with Crippen LogP contribution in [0.4, 0.5) is 16.6 Å². The minimum atomic E-state index is -1.14. The molecule has 1 saturated heterocycles. The molecule has 5 atom stereocenters. The first kappa shape index (κ1) is 38.2. The number of rotatable bonds is 13. The number of aliphatic hydroxyl groups excluding tert-OH is 2. The van der Waals surface area contributed by atoms with E-state index < -0.39 is 24.3 Å². The maximum Gasteiger partial charge on any atom is 0.315 e. The second-order valence-corrected chi connectivity index (χ2v) is 15.8. The zero-order valence-corrected chi connectivity index (χ0v) is 33.2. The molecule has 9 rings (SSSR count). The molecule has 7 aromatic rings. The number of aliphatic hydroxyl groups is 2. The minimum Gasteiger partial charge on any atom is -0.388 e. The van der Waals surface area contributed by atoms with Crippen LogP contribution in [0.5, 0.6) is 0 Å². The molecule has 2 fully saturated rings. The Labute approximate surface area is 344 Å². The molecule has 16 nitrogen and oxygen atoms in total. The molecule has 59 heavy (non-hydrogen) atoms. The Kier molecular flexibility index (Phi) is 10.9. The van der Waals surface area contributed by atoms with E-state index in [1.807, 2.05) is 83.6 Å². The molecule has 1 unspecified atom stereocenters. The van der Waals surface area contributed by atoms with E-state index in [1.54, 1.807) is 17.7 Å². The third-order valence-corrected chi connectivity index (χ3v) is 12.1. The van der Waals surface area contributed by atoms with Crippen LogP contribution in [0.25, 0.3) is 21.7 Å². The van der Waals surface area contributed by atoms with E-state index in [0.29, 0.717) is 74.2 Å². The van der Waals surface area contributed by atoms with Gasteiger partial charge in [0, 0.05) is 49.0 Å². The maximum atomic E-state index is 13.1. The number of aryl methyl sites for hydroxylation is 1. The first-order valence-corrected chi connectivity index (χ1v) is 20.8. The number of tetrazole rings is 1. The average Bonchev–Trinajstić information content (AvgIpc) is 4.14. The molecule has 0 spiro atoms. The van der Waals surface area contributed by atoms with Crippen LogP contribution in [0.3, 0.4) is 0 Å². The molecule has 3 aromatic carbocycles. The lowest BCUT2D eigenvalue weighted by molar-refractivity contribution is 0.00473. The van der Waals surface area contributed by atoms with Crippen molar-refractivity contribution in [1.29, 1.82) is 0 Å². The molecular formula is C42H45N13O3S. The zero-order valence-electron chi connectivity index (χ0n) is 32.4. The number of thiazole rings is 1. The van der Waals surface area contributed by atoms with E-state index in [1.165, 1.54) is 4.80 Å². The van der Waals surface area contributed by atoms with Gasteiger partial charge in [0.1, 0.15) is 23.3 Å². The van der Waals surface area contributed by atoms with E-state index in [0.717, 1.165) is 27.4 Å². The molecule has 2 aliphatic rings. The van der Waals surface area contributed by atoms with Gasteiger partial charge in [0.05, 0.1) is 24.6 Å². The van der Waals surface area contributed by atoms with Gasteiger partial charge < -0.3 is 35.6 Å². The lowest BCUT2D eigenvalue weighted by Crippen LogP contribution is -2.43. The Hall–Kier alpha value is -6.30. The Bertz CT molecular complexity index is 2460. The van der Waals surface area contributed by atoms with Crippen molar-refractivity contribution in [3.63, 3.8) is 0 Å². The Morgan fingerprint density at radius 1 is 0.915 bits per heavy atom. The van der Waals surface area contributed by atoms with E-state index in [2.05, 4.69) is 60.5 Å². The SMILES string of the molecule is CCc1nnn([C@H]2C[C@@H](n3cnc4c(NCC(c5ccccc5)c5ccccc5)nc(N5CCC(NC(=O)NCc6csc(-c7ccccc7)n6)C5)nc43)[C@H](O)[C@@H]2O)n1. The summed E-state index contributed by atoms with van der Waals surface area (Å²) in [5, 5.41) is 47.9. The number of anilines is 2. The first-order valence-electron chi connectivity index (χ1n) is 19.9. The lowest BCUT2D eigenvalue weighted by Gasteiger charge is -2.22. The monoisotopic (exact) mass is 811 g/mol. The van der Waals surface area contributed by atoms with Crippen molar-refractivity contribution in [1.82, 2.24) is 55.3 Å². The van der Waals surface area contributed by atoms with Gasteiger partial charge in [-0.25, -0.2) is 14.8 Å². The summed E-state index contributed by atoms with van der Waals surface area (Å²) in [6, 6.07) is 29.1. The number of benzene rings is 3. The molecule has 1 aliphatic heterocycles. The number of imidazole rings is 1. The summed E-state index contributed by atoms with van der Waals surface area (Å²) < 4.78 is 1.82. The lowest BCUT2D eigenvalue weighted by atomic mass is 9.91. The number of nitrogens with one attached hydrogen (secondary N) is 3. The van der Waals surface area contributed by atoms with Crippen molar-refractivity contribution in [2.45, 2.75) is 69.0 Å². The largest absolute Gasteiger partial charge is 0.388 e. The number of hydrogen-bond acceptors (Lipinski definition) is 13. The van der Waals surface area contributed by atoms with Crippen LogP contribution in [0, 0.1) is 0 Å². The summed E-state index contributed by atoms with van der Waals surface area (Å²) in [4.78, 5) is 36.1. The summed E-state index contributed by atoms with van der Waals surface area (Å²) in [6.45, 7) is 3.87. The molecule has 5 N–H and O–H groups in total. The van der Waals surface area contributed by atoms with Gasteiger partial charge in [0.15, 0.2) is 22.8 Å². The molecule has 1 aliphatic carbocycles. The van der Waals surface area contributed by atoms with Gasteiger partial charge in [-0.1, -0.05) is 97.9 Å². The fourth-order valence-electron chi connectivity index (χ4n) is 8.01. The van der Waals surface area contributed by atoms with Crippen molar-refractivity contribution in [3.05, 3.63) is 125 Å². The normalized spacial score (nSPS) is 20.4. The highest BCUT2D eigenvalue weighted by molar-refractivity contribution is 7.13. The molecule has 1 saturated carbocycles. The quantitative estimate of drug-likeness (QED) is 0.108. The molecule has 0 bridgehead atoms. The highest BCUT2D eigenvalue weighted by atomic mass is 32.1. The topological polar surface area (TPSA) is 197 Å². The predicted molar refractivity (Wildman–Crippen MR) is 224 cm³/mol. The number of nitrogens with zero attached hydrogens (tertiary/aromatic N) is 10. The standard InChI is InChI=1S/C42H45N13O3S/c1-2-34-50-52-55(51-34)33-20-32(36(56)37(33)57)54-25-45-35-38(43-22-31(26-12-6-3-7-13-26)27-14-8-4-9-15-27)48-41(49-39(35)54)53-19-18-29(23-53)47-42(58)44-21-30-24-59-40(46-30)28-16-10-5-11-17-28/h3-17,24-25,29,31-33,36-37,56-57H,2,18-23H2,1H3,(H,43,48,49)(H2,44,47,58)/t29?,32-,33+,36+,37-/m1/s1. The minimum absolute atomic E-state index is 0.0109. The highest BCUT2D eigenvalue weighted by Crippen LogP contribution is 2.40. The number of hydrogen-bond donors (Lipinski definition) is 5. The molecule has 0 radical (unpaired) electrons. The second-order valence-electron chi connectivity index (χ2n) is 15.0. The fourth-order valence-corrected chi connectivity index (χ4v) is 8.83. The first-order chi connectivity index (χ1) is 28.9. The smallest absolute Gasteiger partial charge is 0.315 e. The van der Waals surface area contributed by atoms with Gasteiger partial charge in [-0.3, -0.25) is 0 Å². The number of carbonyl (C=O) groups excluding carboxylic acids is 1. The van der Waals surface area contributed by atoms with Crippen molar-refractivity contribution >= 4 is 40.3 Å². The summed E-state index contributed by atoms with van der Waals surface area (Å²) in [6.07, 6.45) is 1.00. The van der Waals surface area contributed by atoms with E-state index >= 15 is 0 Å². The van der Waals surface area contributed by atoms with Crippen LogP contribution >= 0.6 is 11.3 Å². The van der Waals surface area contributed by atoms with Crippen LogP contribution < -0.4 is 20.9 Å². The summed E-state index contributed by atoms with van der Waals surface area (Å²) in [7, 11) is 0. The zero-order chi connectivity index (χ0) is 40.3. The molecule has 5 heterocycles. The number of fused-ring (bicyclic) bond motifs is 1. The van der Waals surface area contributed by atoms with Gasteiger partial charge in [-0.2, -0.15) is 14.8 Å². The fraction of sp³-hybridized carbons (Fsp3) is 0.333. The van der Waals surface area contributed by atoms with Crippen LogP contribution in [0.1, 0.15) is 60.4 Å². The van der Waals surface area contributed by atoms with Gasteiger partial charge in [-0.15, -0.1) is 21.5 Å². The molecular weight excluding hydrogens is 767 g/mol. The maximum absolute atomic E-state index is 13.1. The Morgan fingerprint density at radius 3 is 2.34 bits per heavy atom. The second kappa shape index (κ2) is 16.9. The summed E-state index contributed by atoms with van der Waals surface area (Å²) >= 11 is 1.55. The third kappa shape index (κ3) is 8.08. The van der Waals surface area contributed by atoms with E-state index in [-0.39, 0.29) is 18.0 Å². The van der Waals surface area contributed by atoms with Crippen molar-refractivity contribution in [3.8, 4) is 10.6 Å². The molecule has 4 aromatic heterocycles. The van der Waals surface area contributed by atoms with Crippen LogP contribution in [0.15, 0.2) is 103 Å². The summed E-state index contributed by atoms with van der Waals surface area (Å²) in [5.41, 5.74) is 5.20. The number of carbonyl (C=O) groups is 1. The number of amides is 2. The molecule has 17 heteroatoms. The van der Waals surface area contributed by atoms with E-state index in [4.69, 9.17) is 19.9 Å². The van der Waals surface area contributed by atoms with Crippen molar-refractivity contribution in [2.24, 2.45) is 0 Å². The van der Waals surface area contributed by atoms with Gasteiger partial charge in [0.25, 0.3) is 0 Å². The predicted octanol–water partition coefficient (Wildman–Crippen LogP) is 4.73. The Balaban J connectivity index is 0.962. The van der Waals surface area contributed by atoms with Crippen LogP contribution in [-0.4, -0.2) is 98.8 Å². The van der Waals surface area contributed by atoms with Gasteiger partial charge in [0.2, 0.25) is 5.95 Å². The van der Waals surface area contributed by atoms with E-state index in [9.17, 15) is 15.0 Å².